The number of carbonyl (C=O) groups is 2. The Labute approximate surface area is 185 Å². The van der Waals surface area contributed by atoms with Gasteiger partial charge in [0, 0.05) is 28.9 Å². The number of carboxylic acid groups (broad SMARTS) is 1. The average molecular weight is 437 g/mol. The second kappa shape index (κ2) is 8.78. The topological polar surface area (TPSA) is 79.7 Å². The first-order valence-corrected chi connectivity index (χ1v) is 10.3. The molecule has 1 N–H and O–H groups in total. The lowest BCUT2D eigenvalue weighted by molar-refractivity contribution is 0.0697. The van der Waals surface area contributed by atoms with Gasteiger partial charge in [0.1, 0.15) is 0 Å². The predicted molar refractivity (Wildman–Crippen MR) is 119 cm³/mol. The minimum absolute atomic E-state index is 0.0415. The first kappa shape index (κ1) is 20.9. The maximum Gasteiger partial charge on any atom is 0.335 e. The standard InChI is InChI=1S/C24H21ClN2O4/c1-31-21-12-20(27(14-15-5-6-15)19-9-7-18(25)8-10-19)13-26-22(21)23(28)16-3-2-4-17(11-16)24(29)30/h2-4,7-13,15H,5-6,14H2,1H3,(H,29,30). The number of hydrogen-bond acceptors (Lipinski definition) is 5. The van der Waals surface area contributed by atoms with Crippen LogP contribution in [-0.2, 0) is 0 Å². The monoisotopic (exact) mass is 436 g/mol. The van der Waals surface area contributed by atoms with Crippen molar-refractivity contribution in [2.45, 2.75) is 12.8 Å². The van der Waals surface area contributed by atoms with Crippen LogP contribution >= 0.6 is 11.6 Å². The molecule has 1 aromatic heterocycles. The Morgan fingerprint density at radius 1 is 1.10 bits per heavy atom. The number of halogens is 1. The highest BCUT2D eigenvalue weighted by molar-refractivity contribution is 6.30. The summed E-state index contributed by atoms with van der Waals surface area (Å²) in [5.74, 6) is -0.546. The van der Waals surface area contributed by atoms with Gasteiger partial charge in [0.2, 0.25) is 5.78 Å². The van der Waals surface area contributed by atoms with Crippen molar-refractivity contribution in [3.63, 3.8) is 0 Å². The zero-order valence-electron chi connectivity index (χ0n) is 16.9. The van der Waals surface area contributed by atoms with Gasteiger partial charge in [0.05, 0.1) is 24.6 Å². The third-order valence-electron chi connectivity index (χ3n) is 5.23. The van der Waals surface area contributed by atoms with E-state index in [2.05, 4.69) is 9.88 Å². The third-order valence-corrected chi connectivity index (χ3v) is 5.48. The summed E-state index contributed by atoms with van der Waals surface area (Å²) in [6, 6.07) is 15.3. The minimum Gasteiger partial charge on any atom is -0.494 e. The molecule has 1 fully saturated rings. The van der Waals surface area contributed by atoms with Crippen molar-refractivity contribution in [3.8, 4) is 5.75 Å². The fourth-order valence-electron chi connectivity index (χ4n) is 3.38. The van der Waals surface area contributed by atoms with Crippen LogP contribution in [0.4, 0.5) is 11.4 Å². The van der Waals surface area contributed by atoms with Crippen molar-refractivity contribution in [1.82, 2.24) is 4.98 Å². The van der Waals surface area contributed by atoms with Crippen molar-refractivity contribution in [3.05, 3.63) is 82.6 Å². The van der Waals surface area contributed by atoms with E-state index in [0.29, 0.717) is 16.7 Å². The van der Waals surface area contributed by atoms with Crippen molar-refractivity contribution in [1.29, 1.82) is 0 Å². The number of ketones is 1. The van der Waals surface area contributed by atoms with Crippen LogP contribution in [0.3, 0.4) is 0 Å². The maximum atomic E-state index is 13.0. The lowest BCUT2D eigenvalue weighted by atomic mass is 10.0. The Morgan fingerprint density at radius 2 is 1.81 bits per heavy atom. The van der Waals surface area contributed by atoms with E-state index >= 15 is 0 Å². The van der Waals surface area contributed by atoms with Crippen LogP contribution in [0.5, 0.6) is 5.75 Å². The molecule has 4 rings (SSSR count). The molecular formula is C24H21ClN2O4. The molecular weight excluding hydrogens is 416 g/mol. The zero-order valence-corrected chi connectivity index (χ0v) is 17.7. The molecule has 158 valence electrons. The number of pyridine rings is 1. The van der Waals surface area contributed by atoms with Gasteiger partial charge in [-0.3, -0.25) is 4.79 Å². The molecule has 0 unspecified atom stereocenters. The molecule has 1 saturated carbocycles. The zero-order chi connectivity index (χ0) is 22.0. The van der Waals surface area contributed by atoms with E-state index in [1.165, 1.54) is 38.2 Å². The molecule has 1 aliphatic rings. The summed E-state index contributed by atoms with van der Waals surface area (Å²) in [5.41, 5.74) is 2.21. The Bertz CT molecular complexity index is 1130. The first-order valence-electron chi connectivity index (χ1n) is 9.91. The van der Waals surface area contributed by atoms with E-state index in [-0.39, 0.29) is 16.8 Å². The lowest BCUT2D eigenvalue weighted by Crippen LogP contribution is -2.20. The molecule has 1 heterocycles. The summed E-state index contributed by atoms with van der Waals surface area (Å²) in [4.78, 5) is 30.8. The van der Waals surface area contributed by atoms with Crippen LogP contribution < -0.4 is 9.64 Å². The van der Waals surface area contributed by atoms with E-state index in [1.54, 1.807) is 18.3 Å². The summed E-state index contributed by atoms with van der Waals surface area (Å²) < 4.78 is 5.48. The second-order valence-corrected chi connectivity index (χ2v) is 7.93. The Hall–Kier alpha value is -3.38. The van der Waals surface area contributed by atoms with E-state index < -0.39 is 11.8 Å². The fraction of sp³-hybridized carbons (Fsp3) is 0.208. The molecule has 0 spiro atoms. The molecule has 0 bridgehead atoms. The summed E-state index contributed by atoms with van der Waals surface area (Å²) in [6.45, 7) is 0.834. The summed E-state index contributed by atoms with van der Waals surface area (Å²) in [7, 11) is 1.48. The van der Waals surface area contributed by atoms with E-state index in [4.69, 9.17) is 16.3 Å². The molecule has 0 aliphatic heterocycles. The van der Waals surface area contributed by atoms with Gasteiger partial charge in [-0.1, -0.05) is 23.7 Å². The van der Waals surface area contributed by atoms with Gasteiger partial charge in [-0.25, -0.2) is 9.78 Å². The van der Waals surface area contributed by atoms with Crippen molar-refractivity contribution in [2.75, 3.05) is 18.6 Å². The van der Waals surface area contributed by atoms with Gasteiger partial charge in [0.25, 0.3) is 0 Å². The number of aromatic carboxylic acids is 1. The Balaban J connectivity index is 1.69. The predicted octanol–water partition coefficient (Wildman–Crippen LogP) is 5.22. The van der Waals surface area contributed by atoms with Gasteiger partial charge in [0.15, 0.2) is 11.4 Å². The maximum absolute atomic E-state index is 13.0. The fourth-order valence-corrected chi connectivity index (χ4v) is 3.50. The van der Waals surface area contributed by atoms with Crippen LogP contribution in [-0.4, -0.2) is 35.5 Å². The van der Waals surface area contributed by atoms with E-state index in [0.717, 1.165) is 17.9 Å². The van der Waals surface area contributed by atoms with Crippen LogP contribution in [0.15, 0.2) is 60.8 Å². The van der Waals surface area contributed by atoms with Crippen LogP contribution in [0.25, 0.3) is 0 Å². The first-order chi connectivity index (χ1) is 15.0. The van der Waals surface area contributed by atoms with E-state index in [1.807, 2.05) is 24.3 Å². The number of carboxylic acids is 1. The van der Waals surface area contributed by atoms with E-state index in [9.17, 15) is 14.7 Å². The number of methoxy groups -OCH3 is 1. The van der Waals surface area contributed by atoms with Gasteiger partial charge < -0.3 is 14.7 Å². The molecule has 0 radical (unpaired) electrons. The molecule has 6 nitrogen and oxygen atoms in total. The number of aromatic nitrogens is 1. The highest BCUT2D eigenvalue weighted by Gasteiger charge is 2.27. The van der Waals surface area contributed by atoms with Gasteiger partial charge in [-0.2, -0.15) is 0 Å². The number of anilines is 2. The van der Waals surface area contributed by atoms with Gasteiger partial charge in [-0.15, -0.1) is 0 Å². The summed E-state index contributed by atoms with van der Waals surface area (Å²) >= 11 is 6.05. The molecule has 7 heteroatoms. The SMILES string of the molecule is COc1cc(N(CC2CC2)c2ccc(Cl)cc2)cnc1C(=O)c1cccc(C(=O)O)c1. The molecule has 31 heavy (non-hydrogen) atoms. The average Bonchev–Trinajstić information content (AvgIpc) is 3.61. The number of rotatable bonds is 8. The highest BCUT2D eigenvalue weighted by atomic mass is 35.5. The Morgan fingerprint density at radius 3 is 2.45 bits per heavy atom. The van der Waals surface area contributed by atoms with Gasteiger partial charge in [-0.05, 0) is 55.2 Å². The highest BCUT2D eigenvalue weighted by Crippen LogP contribution is 2.37. The molecule has 3 aromatic rings. The van der Waals surface area contributed by atoms with Crippen LogP contribution in [0, 0.1) is 5.92 Å². The normalized spacial score (nSPS) is 13.0. The van der Waals surface area contributed by atoms with Crippen molar-refractivity contribution < 1.29 is 19.4 Å². The minimum atomic E-state index is -1.09. The van der Waals surface area contributed by atoms with Crippen LogP contribution in [0.2, 0.25) is 5.02 Å². The number of carbonyl (C=O) groups excluding carboxylic acids is 1. The number of ether oxygens (including phenoxy) is 1. The number of nitrogens with zero attached hydrogens (tertiary/aromatic N) is 2. The molecule has 1 aliphatic carbocycles. The largest absolute Gasteiger partial charge is 0.494 e. The van der Waals surface area contributed by atoms with Crippen LogP contribution in [0.1, 0.15) is 39.3 Å². The molecule has 0 amide bonds. The molecule has 0 atom stereocenters. The van der Waals surface area contributed by atoms with Crippen molar-refractivity contribution >= 4 is 34.7 Å². The summed E-state index contributed by atoms with van der Waals surface area (Å²) in [6.07, 6.45) is 4.02. The summed E-state index contributed by atoms with van der Waals surface area (Å²) in [5, 5.41) is 9.86. The van der Waals surface area contributed by atoms with Crippen molar-refractivity contribution in [2.24, 2.45) is 5.92 Å². The van der Waals surface area contributed by atoms with Gasteiger partial charge >= 0.3 is 5.97 Å². The quantitative estimate of drug-likeness (QED) is 0.487. The number of hydrogen-bond donors (Lipinski definition) is 1. The second-order valence-electron chi connectivity index (χ2n) is 7.49. The lowest BCUT2D eigenvalue weighted by Gasteiger charge is -2.25. The number of benzene rings is 2. The smallest absolute Gasteiger partial charge is 0.335 e. The third kappa shape index (κ3) is 4.70. The molecule has 2 aromatic carbocycles. The molecule has 0 saturated heterocycles. The Kier molecular flexibility index (Phi) is 5.91.